The lowest BCUT2D eigenvalue weighted by molar-refractivity contribution is -0.120. The molecule has 6 heteroatoms. The molecule has 0 aliphatic carbocycles. The second-order valence-corrected chi connectivity index (χ2v) is 7.83. The maximum atomic E-state index is 14.5. The smallest absolute Gasteiger partial charge is 0.282 e. The topological polar surface area (TPSA) is 58.6 Å². The second-order valence-electron chi connectivity index (χ2n) is 7.83. The first-order valence-corrected chi connectivity index (χ1v) is 10.3. The molecule has 0 bridgehead atoms. The molecule has 3 aromatic rings. The van der Waals surface area contributed by atoms with E-state index in [9.17, 15) is 14.0 Å². The molecule has 5 nitrogen and oxygen atoms in total. The van der Waals surface area contributed by atoms with Crippen molar-refractivity contribution in [2.75, 3.05) is 10.2 Å². The number of carbonyl (C=O) groups excluding carboxylic acids is 2. The van der Waals surface area contributed by atoms with Crippen LogP contribution in [-0.2, 0) is 9.59 Å². The first-order valence-electron chi connectivity index (χ1n) is 10.3. The van der Waals surface area contributed by atoms with Crippen LogP contribution in [0.5, 0.6) is 5.75 Å². The summed E-state index contributed by atoms with van der Waals surface area (Å²) in [5.41, 5.74) is 2.42. The highest BCUT2D eigenvalue weighted by molar-refractivity contribution is 6.46. The lowest BCUT2D eigenvalue weighted by Crippen LogP contribution is -2.33. The van der Waals surface area contributed by atoms with Gasteiger partial charge >= 0.3 is 0 Å². The number of para-hydroxylation sites is 1. The molecule has 162 valence electrons. The van der Waals surface area contributed by atoms with Gasteiger partial charge in [0, 0.05) is 5.69 Å². The number of anilines is 2. The van der Waals surface area contributed by atoms with Crippen LogP contribution in [-0.4, -0.2) is 17.9 Å². The Morgan fingerprint density at radius 2 is 1.53 bits per heavy atom. The van der Waals surface area contributed by atoms with E-state index >= 15 is 0 Å². The van der Waals surface area contributed by atoms with E-state index in [1.807, 2.05) is 32.9 Å². The average molecular weight is 430 g/mol. The van der Waals surface area contributed by atoms with Gasteiger partial charge in [-0.2, -0.15) is 0 Å². The van der Waals surface area contributed by atoms with Crippen molar-refractivity contribution in [3.63, 3.8) is 0 Å². The molecular weight excluding hydrogens is 407 g/mol. The summed E-state index contributed by atoms with van der Waals surface area (Å²) >= 11 is 0. The third-order valence-electron chi connectivity index (χ3n) is 5.01. The van der Waals surface area contributed by atoms with Gasteiger partial charge in [0.2, 0.25) is 0 Å². The van der Waals surface area contributed by atoms with Gasteiger partial charge < -0.3 is 10.1 Å². The van der Waals surface area contributed by atoms with E-state index in [2.05, 4.69) is 5.32 Å². The van der Waals surface area contributed by atoms with Crippen LogP contribution in [0.4, 0.5) is 15.8 Å². The van der Waals surface area contributed by atoms with Crippen molar-refractivity contribution in [3.8, 4) is 5.75 Å². The maximum absolute atomic E-state index is 14.5. The normalized spacial score (nSPS) is 13.8. The Bertz CT molecular complexity index is 1200. The number of hydrogen-bond acceptors (Lipinski definition) is 4. The van der Waals surface area contributed by atoms with Crippen LogP contribution in [0.25, 0.3) is 5.57 Å². The Kier molecular flexibility index (Phi) is 5.77. The lowest BCUT2D eigenvalue weighted by Gasteiger charge is -2.16. The molecule has 0 radical (unpaired) electrons. The van der Waals surface area contributed by atoms with E-state index < -0.39 is 17.6 Å². The number of aryl methyl sites for hydroxylation is 1. The fraction of sp³-hybridized carbons (Fsp3) is 0.154. The van der Waals surface area contributed by atoms with Crippen LogP contribution in [0.1, 0.15) is 25.0 Å². The van der Waals surface area contributed by atoms with Crippen molar-refractivity contribution in [2.45, 2.75) is 26.9 Å². The van der Waals surface area contributed by atoms with E-state index in [0.29, 0.717) is 17.0 Å². The number of ether oxygens (including phenoxy) is 1. The van der Waals surface area contributed by atoms with Gasteiger partial charge in [-0.05, 0) is 62.7 Å². The number of nitrogens with zero attached hydrogens (tertiary/aromatic N) is 1. The van der Waals surface area contributed by atoms with Crippen LogP contribution < -0.4 is 15.0 Å². The standard InChI is InChI=1S/C26H23FN2O3/c1-16(2)32-20-14-12-19(13-15-20)28-24-23(18-10-8-17(3)9-11-18)25(30)29(26(24)31)22-7-5-4-6-21(22)27/h4-16,28H,1-3H3. The first kappa shape index (κ1) is 21.3. The highest BCUT2D eigenvalue weighted by Crippen LogP contribution is 2.35. The maximum Gasteiger partial charge on any atom is 0.282 e. The molecule has 0 unspecified atom stereocenters. The molecule has 1 aliphatic rings. The second kappa shape index (κ2) is 8.67. The zero-order chi connectivity index (χ0) is 22.8. The molecule has 3 aromatic carbocycles. The van der Waals surface area contributed by atoms with E-state index in [0.717, 1.165) is 10.5 Å². The number of carbonyl (C=O) groups is 2. The molecule has 0 atom stereocenters. The zero-order valence-corrected chi connectivity index (χ0v) is 18.1. The van der Waals surface area contributed by atoms with Gasteiger partial charge in [0.05, 0.1) is 17.4 Å². The summed E-state index contributed by atoms with van der Waals surface area (Å²) in [6.07, 6.45) is 0.0352. The first-order chi connectivity index (χ1) is 15.3. The van der Waals surface area contributed by atoms with Crippen molar-refractivity contribution >= 4 is 28.8 Å². The van der Waals surface area contributed by atoms with E-state index in [1.165, 1.54) is 18.2 Å². The monoisotopic (exact) mass is 430 g/mol. The minimum absolute atomic E-state index is 0.0352. The summed E-state index contributed by atoms with van der Waals surface area (Å²) in [5.74, 6) is -1.14. The van der Waals surface area contributed by atoms with Gasteiger partial charge in [-0.1, -0.05) is 42.0 Å². The predicted molar refractivity (Wildman–Crippen MR) is 123 cm³/mol. The van der Waals surface area contributed by atoms with Crippen molar-refractivity contribution in [1.82, 2.24) is 0 Å². The Labute approximate surface area is 186 Å². The van der Waals surface area contributed by atoms with Crippen LogP contribution in [0, 0.1) is 12.7 Å². The molecule has 0 saturated carbocycles. The number of benzene rings is 3. The Balaban J connectivity index is 1.75. The summed E-state index contributed by atoms with van der Waals surface area (Å²) in [6.45, 7) is 5.81. The summed E-state index contributed by atoms with van der Waals surface area (Å²) in [5, 5.41) is 3.07. The van der Waals surface area contributed by atoms with Gasteiger partial charge in [-0.15, -0.1) is 0 Å². The largest absolute Gasteiger partial charge is 0.491 e. The summed E-state index contributed by atoms with van der Waals surface area (Å²) < 4.78 is 20.1. The van der Waals surface area contributed by atoms with Crippen molar-refractivity contribution in [2.24, 2.45) is 0 Å². The predicted octanol–water partition coefficient (Wildman–Crippen LogP) is 5.32. The minimum Gasteiger partial charge on any atom is -0.491 e. The number of hydrogen-bond donors (Lipinski definition) is 1. The molecule has 0 saturated heterocycles. The number of imide groups is 1. The fourth-order valence-corrected chi connectivity index (χ4v) is 3.52. The molecule has 1 N–H and O–H groups in total. The Morgan fingerprint density at radius 3 is 2.16 bits per heavy atom. The zero-order valence-electron chi connectivity index (χ0n) is 18.1. The van der Waals surface area contributed by atoms with E-state index in [1.54, 1.807) is 42.5 Å². The molecule has 4 rings (SSSR count). The molecular formula is C26H23FN2O3. The number of rotatable bonds is 6. The summed E-state index contributed by atoms with van der Waals surface area (Å²) in [6, 6.07) is 20.1. The van der Waals surface area contributed by atoms with Gasteiger partial charge in [-0.3, -0.25) is 9.59 Å². The number of amides is 2. The molecule has 1 heterocycles. The van der Waals surface area contributed by atoms with Crippen LogP contribution in [0.3, 0.4) is 0 Å². The molecule has 1 aliphatic heterocycles. The third-order valence-corrected chi connectivity index (χ3v) is 5.01. The quantitative estimate of drug-likeness (QED) is 0.538. The van der Waals surface area contributed by atoms with Crippen LogP contribution in [0.15, 0.2) is 78.5 Å². The SMILES string of the molecule is Cc1ccc(C2=C(Nc3ccc(OC(C)C)cc3)C(=O)N(c3ccccc3F)C2=O)cc1. The highest BCUT2D eigenvalue weighted by atomic mass is 19.1. The fourth-order valence-electron chi connectivity index (χ4n) is 3.52. The van der Waals surface area contributed by atoms with Crippen LogP contribution in [0.2, 0.25) is 0 Å². The Morgan fingerprint density at radius 1 is 0.875 bits per heavy atom. The summed E-state index contributed by atoms with van der Waals surface area (Å²) in [7, 11) is 0. The molecule has 0 fully saturated rings. The summed E-state index contributed by atoms with van der Waals surface area (Å²) in [4.78, 5) is 27.6. The molecule has 0 aromatic heterocycles. The average Bonchev–Trinajstić information content (AvgIpc) is 3.00. The highest BCUT2D eigenvalue weighted by Gasteiger charge is 2.41. The van der Waals surface area contributed by atoms with Gasteiger partial charge in [0.15, 0.2) is 0 Å². The minimum atomic E-state index is -0.645. The van der Waals surface area contributed by atoms with Crippen molar-refractivity contribution in [1.29, 1.82) is 0 Å². The van der Waals surface area contributed by atoms with Gasteiger partial charge in [-0.25, -0.2) is 9.29 Å². The van der Waals surface area contributed by atoms with E-state index in [4.69, 9.17) is 4.74 Å². The lowest BCUT2D eigenvalue weighted by atomic mass is 10.0. The molecule has 32 heavy (non-hydrogen) atoms. The van der Waals surface area contributed by atoms with Gasteiger partial charge in [0.1, 0.15) is 17.3 Å². The third kappa shape index (κ3) is 4.12. The number of halogens is 1. The van der Waals surface area contributed by atoms with Crippen molar-refractivity contribution in [3.05, 3.63) is 95.4 Å². The van der Waals surface area contributed by atoms with Crippen molar-refractivity contribution < 1.29 is 18.7 Å². The van der Waals surface area contributed by atoms with Gasteiger partial charge in [0.25, 0.3) is 11.8 Å². The van der Waals surface area contributed by atoms with E-state index in [-0.39, 0.29) is 23.1 Å². The number of nitrogens with one attached hydrogen (secondary N) is 1. The molecule has 0 spiro atoms. The van der Waals surface area contributed by atoms with Crippen LogP contribution >= 0.6 is 0 Å². The Hall–Kier alpha value is -3.93. The molecule has 2 amide bonds.